The molecule has 2 N–H and O–H groups in total. The van der Waals surface area contributed by atoms with Crippen LogP contribution < -0.4 is 5.14 Å². The Morgan fingerprint density at radius 3 is 2.08 bits per heavy atom. The topological polar surface area (TPSA) is 86.2 Å². The first-order valence-corrected chi connectivity index (χ1v) is 8.89. The van der Waals surface area contributed by atoms with Gasteiger partial charge in [-0.2, -0.15) is 0 Å². The zero-order valence-electron chi connectivity index (χ0n) is 13.7. The highest BCUT2D eigenvalue weighted by molar-refractivity contribution is 7.89. The van der Waals surface area contributed by atoms with Crippen molar-refractivity contribution in [3.05, 3.63) is 59.1 Å². The minimum absolute atomic E-state index is 0.0119. The maximum absolute atomic E-state index is 14.2. The maximum Gasteiger partial charge on any atom is 0.243 e. The molecular weight excluding hydrogens is 369 g/mol. The summed E-state index contributed by atoms with van der Waals surface area (Å²) < 4.78 is 69.9. The summed E-state index contributed by atoms with van der Waals surface area (Å²) in [5.74, 6) is -2.94. The number of nitrogens with zero attached hydrogens (tertiary/aromatic N) is 1. The second-order valence-corrected chi connectivity index (χ2v) is 7.24. The van der Waals surface area contributed by atoms with Gasteiger partial charge >= 0.3 is 0 Å². The monoisotopic (exact) mass is 382 g/mol. The fourth-order valence-electron chi connectivity index (χ4n) is 2.63. The number of aryl methyl sites for hydroxylation is 2. The lowest BCUT2D eigenvalue weighted by Gasteiger charge is -2.08. The Kier molecular flexibility index (Phi) is 4.37. The van der Waals surface area contributed by atoms with Crippen molar-refractivity contribution >= 4 is 10.0 Å². The van der Waals surface area contributed by atoms with E-state index < -0.39 is 32.4 Å². The highest BCUT2D eigenvalue weighted by atomic mass is 32.2. The molecule has 0 bridgehead atoms. The van der Waals surface area contributed by atoms with Crippen LogP contribution in [0.1, 0.15) is 11.3 Å². The molecule has 3 rings (SSSR count). The molecule has 0 amide bonds. The van der Waals surface area contributed by atoms with Crippen molar-refractivity contribution in [3.8, 4) is 22.4 Å². The van der Waals surface area contributed by atoms with Crippen LogP contribution in [0.4, 0.5) is 13.2 Å². The van der Waals surface area contributed by atoms with Gasteiger partial charge in [-0.05, 0) is 43.2 Å². The summed E-state index contributed by atoms with van der Waals surface area (Å²) >= 11 is 0. The number of benzene rings is 2. The Hall–Kier alpha value is -2.65. The molecule has 2 aromatic carbocycles. The molecule has 0 spiro atoms. The number of halogens is 3. The zero-order chi connectivity index (χ0) is 19.2. The van der Waals surface area contributed by atoms with E-state index in [1.54, 1.807) is 13.0 Å². The molecule has 0 aliphatic carbocycles. The third-order valence-electron chi connectivity index (χ3n) is 3.88. The van der Waals surface area contributed by atoms with Crippen LogP contribution in [0.5, 0.6) is 0 Å². The van der Waals surface area contributed by atoms with Gasteiger partial charge in [0.1, 0.15) is 28.9 Å². The SMILES string of the molecule is Cc1ccc(-c2noc(C)c2-c2cc(F)c(S(N)(=O)=O)c(F)c2)cc1F. The van der Waals surface area contributed by atoms with Crippen LogP contribution in [0.25, 0.3) is 22.4 Å². The highest BCUT2D eigenvalue weighted by Gasteiger charge is 2.25. The molecule has 0 saturated carbocycles. The number of hydrogen-bond acceptors (Lipinski definition) is 4. The summed E-state index contributed by atoms with van der Waals surface area (Å²) in [6.07, 6.45) is 0. The van der Waals surface area contributed by atoms with Crippen LogP contribution in [-0.2, 0) is 10.0 Å². The van der Waals surface area contributed by atoms with Crippen LogP contribution in [0.2, 0.25) is 0 Å². The minimum Gasteiger partial charge on any atom is -0.360 e. The van der Waals surface area contributed by atoms with Crippen molar-refractivity contribution in [1.29, 1.82) is 0 Å². The first-order chi connectivity index (χ1) is 12.1. The predicted molar refractivity (Wildman–Crippen MR) is 88.1 cm³/mol. The second kappa shape index (κ2) is 6.26. The molecule has 5 nitrogen and oxygen atoms in total. The van der Waals surface area contributed by atoms with Gasteiger partial charge in [0, 0.05) is 5.56 Å². The first kappa shape index (κ1) is 18.2. The second-order valence-electron chi connectivity index (χ2n) is 5.74. The highest BCUT2D eigenvalue weighted by Crippen LogP contribution is 2.36. The van der Waals surface area contributed by atoms with Gasteiger partial charge < -0.3 is 4.52 Å². The lowest BCUT2D eigenvalue weighted by molar-refractivity contribution is 0.400. The summed E-state index contributed by atoms with van der Waals surface area (Å²) in [6, 6.07) is 5.97. The minimum atomic E-state index is -4.57. The maximum atomic E-state index is 14.2. The van der Waals surface area contributed by atoms with E-state index in [1.807, 2.05) is 0 Å². The van der Waals surface area contributed by atoms with Crippen LogP contribution in [0, 0.1) is 31.3 Å². The molecular formula is C17H13F3N2O3S. The van der Waals surface area contributed by atoms with E-state index in [0.29, 0.717) is 11.1 Å². The summed E-state index contributed by atoms with van der Waals surface area (Å²) in [6.45, 7) is 3.10. The number of nitrogens with two attached hydrogens (primary N) is 1. The molecule has 136 valence electrons. The summed E-state index contributed by atoms with van der Waals surface area (Å²) in [5.41, 5.74) is 1.14. The van der Waals surface area contributed by atoms with E-state index in [1.165, 1.54) is 19.1 Å². The Balaban J connectivity index is 2.23. The number of sulfonamides is 1. The fraction of sp³-hybridized carbons (Fsp3) is 0.118. The van der Waals surface area contributed by atoms with Gasteiger partial charge in [0.15, 0.2) is 4.90 Å². The van der Waals surface area contributed by atoms with Crippen LogP contribution in [0.15, 0.2) is 39.8 Å². The van der Waals surface area contributed by atoms with Gasteiger partial charge in [0.05, 0.1) is 5.56 Å². The molecule has 1 heterocycles. The number of aromatic nitrogens is 1. The molecule has 9 heteroatoms. The van der Waals surface area contributed by atoms with Gasteiger partial charge in [0.25, 0.3) is 0 Å². The number of rotatable bonds is 3. The van der Waals surface area contributed by atoms with Gasteiger partial charge in [-0.25, -0.2) is 26.7 Å². The largest absolute Gasteiger partial charge is 0.360 e. The van der Waals surface area contributed by atoms with Gasteiger partial charge in [-0.15, -0.1) is 0 Å². The molecule has 3 aromatic rings. The van der Waals surface area contributed by atoms with Crippen molar-refractivity contribution in [2.75, 3.05) is 0 Å². The molecule has 26 heavy (non-hydrogen) atoms. The van der Waals surface area contributed by atoms with E-state index in [-0.39, 0.29) is 22.6 Å². The Labute approximate surface area is 147 Å². The van der Waals surface area contributed by atoms with Crippen molar-refractivity contribution in [2.45, 2.75) is 18.7 Å². The molecule has 0 saturated heterocycles. The van der Waals surface area contributed by atoms with E-state index >= 15 is 0 Å². The average Bonchev–Trinajstić information content (AvgIpc) is 2.89. The predicted octanol–water partition coefficient (Wildman–Crippen LogP) is 3.69. The standard InChI is InChI=1S/C17H13F3N2O3S/c1-8-3-4-10(5-12(8)18)16-15(9(2)25-22-16)11-6-13(19)17(14(20)7-11)26(21,23)24/h3-7H,1-2H3,(H2,21,23,24). The lowest BCUT2D eigenvalue weighted by Crippen LogP contribution is -2.16. The van der Waals surface area contributed by atoms with Gasteiger partial charge in [0.2, 0.25) is 10.0 Å². The Bertz CT molecular complexity index is 1100. The number of hydrogen-bond donors (Lipinski definition) is 1. The van der Waals surface area contributed by atoms with Crippen LogP contribution in [-0.4, -0.2) is 13.6 Å². The smallest absolute Gasteiger partial charge is 0.243 e. The average molecular weight is 382 g/mol. The van der Waals surface area contributed by atoms with Crippen molar-refractivity contribution in [3.63, 3.8) is 0 Å². The third kappa shape index (κ3) is 3.11. The Morgan fingerprint density at radius 2 is 1.54 bits per heavy atom. The van der Waals surface area contributed by atoms with Gasteiger partial charge in [-0.1, -0.05) is 17.3 Å². The fourth-order valence-corrected chi connectivity index (χ4v) is 3.29. The molecule has 0 aliphatic heterocycles. The zero-order valence-corrected chi connectivity index (χ0v) is 14.5. The molecule has 0 unspecified atom stereocenters. The van der Waals surface area contributed by atoms with Crippen molar-refractivity contribution < 1.29 is 26.1 Å². The van der Waals surface area contributed by atoms with E-state index in [4.69, 9.17) is 9.66 Å². The van der Waals surface area contributed by atoms with Crippen molar-refractivity contribution in [1.82, 2.24) is 5.16 Å². The van der Waals surface area contributed by atoms with Crippen LogP contribution in [0.3, 0.4) is 0 Å². The normalized spacial score (nSPS) is 11.8. The quantitative estimate of drug-likeness (QED) is 0.749. The molecule has 0 fully saturated rings. The Morgan fingerprint density at radius 1 is 0.962 bits per heavy atom. The van der Waals surface area contributed by atoms with Crippen molar-refractivity contribution in [2.24, 2.45) is 5.14 Å². The van der Waals surface area contributed by atoms with Gasteiger partial charge in [-0.3, -0.25) is 0 Å². The van der Waals surface area contributed by atoms with E-state index in [2.05, 4.69) is 5.16 Å². The molecule has 0 atom stereocenters. The lowest BCUT2D eigenvalue weighted by atomic mass is 9.98. The first-order valence-electron chi connectivity index (χ1n) is 7.34. The molecule has 0 aliphatic rings. The third-order valence-corrected chi connectivity index (χ3v) is 4.84. The van der Waals surface area contributed by atoms with E-state index in [9.17, 15) is 21.6 Å². The number of primary sulfonamides is 1. The molecule has 1 aromatic heterocycles. The van der Waals surface area contributed by atoms with E-state index in [0.717, 1.165) is 12.1 Å². The summed E-state index contributed by atoms with van der Waals surface area (Å²) in [4.78, 5) is -1.22. The molecule has 0 radical (unpaired) electrons. The summed E-state index contributed by atoms with van der Waals surface area (Å²) in [7, 11) is -4.57. The summed E-state index contributed by atoms with van der Waals surface area (Å²) in [5, 5.41) is 8.66. The van der Waals surface area contributed by atoms with Crippen LogP contribution >= 0.6 is 0 Å².